The number of carbonyl (C=O) groups excluding carboxylic acids is 1. The summed E-state index contributed by atoms with van der Waals surface area (Å²) < 4.78 is 0. The number of alkyl halides is 1. The molecule has 74 valence electrons. The molecule has 3 nitrogen and oxygen atoms in total. The summed E-state index contributed by atoms with van der Waals surface area (Å²) in [7, 11) is 0. The number of ketones is 1. The maximum absolute atomic E-state index is 11.0. The minimum absolute atomic E-state index is 0.00641. The van der Waals surface area contributed by atoms with Crippen LogP contribution in [0.5, 0.6) is 0 Å². The Hall–Kier alpha value is -1.16. The Morgan fingerprint density at radius 3 is 2.14 bits per heavy atom. The standard InChI is InChI=1S/C10H9BrO3/c1-6(12)9(11)7-2-4-8(5-3-7)10(13)14/h2-5,9H,1H3,(H,13,14). The molecular weight excluding hydrogens is 248 g/mol. The van der Waals surface area contributed by atoms with E-state index in [1.54, 1.807) is 12.1 Å². The molecule has 0 aliphatic heterocycles. The number of hydrogen-bond donors (Lipinski definition) is 1. The third-order valence-electron chi connectivity index (χ3n) is 1.81. The second-order valence-electron chi connectivity index (χ2n) is 2.90. The first kappa shape index (κ1) is 10.9. The molecule has 0 aliphatic rings. The second-order valence-corrected chi connectivity index (χ2v) is 3.82. The highest BCUT2D eigenvalue weighted by atomic mass is 79.9. The van der Waals surface area contributed by atoms with E-state index in [-0.39, 0.29) is 16.2 Å². The van der Waals surface area contributed by atoms with Crippen molar-refractivity contribution in [3.05, 3.63) is 35.4 Å². The van der Waals surface area contributed by atoms with Crippen molar-refractivity contribution in [3.8, 4) is 0 Å². The lowest BCUT2D eigenvalue weighted by Crippen LogP contribution is -2.02. The molecule has 0 heterocycles. The molecule has 4 heteroatoms. The summed E-state index contributed by atoms with van der Waals surface area (Å²) in [5.74, 6) is -0.974. The van der Waals surface area contributed by atoms with Crippen LogP contribution in [0.2, 0.25) is 0 Å². The van der Waals surface area contributed by atoms with E-state index in [9.17, 15) is 9.59 Å². The van der Waals surface area contributed by atoms with E-state index >= 15 is 0 Å². The molecule has 0 bridgehead atoms. The van der Waals surface area contributed by atoms with E-state index in [0.717, 1.165) is 5.56 Å². The van der Waals surface area contributed by atoms with Crippen LogP contribution in [0.25, 0.3) is 0 Å². The molecule has 0 spiro atoms. The van der Waals surface area contributed by atoms with Gasteiger partial charge >= 0.3 is 5.97 Å². The smallest absolute Gasteiger partial charge is 0.335 e. The number of rotatable bonds is 3. The molecule has 1 aromatic rings. The fourth-order valence-corrected chi connectivity index (χ4v) is 1.33. The predicted octanol–water partition coefficient (Wildman–Crippen LogP) is 2.41. The van der Waals surface area contributed by atoms with Crippen LogP contribution in [0.1, 0.15) is 27.7 Å². The van der Waals surface area contributed by atoms with Crippen LogP contribution in [-0.2, 0) is 4.79 Å². The van der Waals surface area contributed by atoms with E-state index in [1.165, 1.54) is 19.1 Å². The Labute approximate surface area is 89.9 Å². The monoisotopic (exact) mass is 256 g/mol. The lowest BCUT2D eigenvalue weighted by Gasteiger charge is -2.05. The first-order valence-electron chi connectivity index (χ1n) is 4.00. The summed E-state index contributed by atoms with van der Waals surface area (Å²) in [6.07, 6.45) is 0. The van der Waals surface area contributed by atoms with Gasteiger partial charge in [0.15, 0.2) is 0 Å². The summed E-state index contributed by atoms with van der Waals surface area (Å²) in [6.45, 7) is 1.48. The van der Waals surface area contributed by atoms with Crippen molar-refractivity contribution in [2.24, 2.45) is 0 Å². The lowest BCUT2D eigenvalue weighted by atomic mass is 10.1. The molecule has 0 saturated heterocycles. The number of aromatic carboxylic acids is 1. The molecule has 1 atom stereocenters. The van der Waals surface area contributed by atoms with Crippen molar-refractivity contribution in [2.75, 3.05) is 0 Å². The van der Waals surface area contributed by atoms with Crippen molar-refractivity contribution >= 4 is 27.7 Å². The lowest BCUT2D eigenvalue weighted by molar-refractivity contribution is -0.116. The summed E-state index contributed by atoms with van der Waals surface area (Å²) in [6, 6.07) is 6.22. The number of carboxylic acids is 1. The number of benzene rings is 1. The SMILES string of the molecule is CC(=O)C(Br)c1ccc(C(=O)O)cc1. The van der Waals surface area contributed by atoms with Gasteiger partial charge in [0.1, 0.15) is 5.78 Å². The van der Waals surface area contributed by atoms with E-state index in [4.69, 9.17) is 5.11 Å². The number of halogens is 1. The molecule has 0 aromatic heterocycles. The van der Waals surface area contributed by atoms with Gasteiger partial charge in [-0.15, -0.1) is 0 Å². The highest BCUT2D eigenvalue weighted by molar-refractivity contribution is 9.09. The van der Waals surface area contributed by atoms with Crippen LogP contribution >= 0.6 is 15.9 Å². The van der Waals surface area contributed by atoms with Crippen LogP contribution in [0, 0.1) is 0 Å². The fraction of sp³-hybridized carbons (Fsp3) is 0.200. The average Bonchev–Trinajstić information content (AvgIpc) is 2.16. The highest BCUT2D eigenvalue weighted by Crippen LogP contribution is 2.23. The van der Waals surface area contributed by atoms with Crippen molar-refractivity contribution < 1.29 is 14.7 Å². The predicted molar refractivity (Wildman–Crippen MR) is 55.8 cm³/mol. The topological polar surface area (TPSA) is 54.4 Å². The zero-order valence-electron chi connectivity index (χ0n) is 7.53. The number of Topliss-reactive ketones (excluding diaryl/α,β-unsaturated/α-hetero) is 1. The number of carboxylic acid groups (broad SMARTS) is 1. The normalized spacial score (nSPS) is 12.1. The molecule has 1 N–H and O–H groups in total. The average molecular weight is 257 g/mol. The summed E-state index contributed by atoms with van der Waals surface area (Å²) in [5.41, 5.74) is 0.986. The molecule has 0 saturated carbocycles. The Balaban J connectivity index is 2.94. The van der Waals surface area contributed by atoms with Gasteiger partial charge in [0.2, 0.25) is 0 Å². The van der Waals surface area contributed by atoms with Gasteiger partial charge in [0.25, 0.3) is 0 Å². The van der Waals surface area contributed by atoms with Gasteiger partial charge in [0.05, 0.1) is 10.4 Å². The van der Waals surface area contributed by atoms with E-state index in [1.807, 2.05) is 0 Å². The van der Waals surface area contributed by atoms with Crippen LogP contribution in [0.3, 0.4) is 0 Å². The van der Waals surface area contributed by atoms with Gasteiger partial charge < -0.3 is 5.11 Å². The summed E-state index contributed by atoms with van der Waals surface area (Å²) >= 11 is 3.21. The molecule has 1 aromatic carbocycles. The Bertz CT molecular complexity index is 356. The van der Waals surface area contributed by atoms with Crippen LogP contribution in [0.4, 0.5) is 0 Å². The van der Waals surface area contributed by atoms with E-state index in [0.29, 0.717) is 0 Å². The van der Waals surface area contributed by atoms with Gasteiger partial charge in [-0.2, -0.15) is 0 Å². The van der Waals surface area contributed by atoms with Crippen molar-refractivity contribution in [2.45, 2.75) is 11.8 Å². The van der Waals surface area contributed by atoms with Crippen molar-refractivity contribution in [1.29, 1.82) is 0 Å². The fourth-order valence-electron chi connectivity index (χ4n) is 1.03. The van der Waals surface area contributed by atoms with Gasteiger partial charge in [-0.3, -0.25) is 4.79 Å². The molecule has 0 fully saturated rings. The molecular formula is C10H9BrO3. The third kappa shape index (κ3) is 2.42. The Morgan fingerprint density at radius 1 is 1.29 bits per heavy atom. The molecule has 1 unspecified atom stereocenters. The van der Waals surface area contributed by atoms with Crippen molar-refractivity contribution in [3.63, 3.8) is 0 Å². The first-order chi connectivity index (χ1) is 6.52. The van der Waals surface area contributed by atoms with Crippen molar-refractivity contribution in [1.82, 2.24) is 0 Å². The Morgan fingerprint density at radius 2 is 1.79 bits per heavy atom. The number of carbonyl (C=O) groups is 2. The van der Waals surface area contributed by atoms with Crippen LogP contribution in [0.15, 0.2) is 24.3 Å². The maximum Gasteiger partial charge on any atom is 0.335 e. The molecule has 1 rings (SSSR count). The van der Waals surface area contributed by atoms with Crippen LogP contribution in [-0.4, -0.2) is 16.9 Å². The summed E-state index contributed by atoms with van der Waals surface area (Å²) in [4.78, 5) is 21.2. The second kappa shape index (κ2) is 4.37. The molecule has 14 heavy (non-hydrogen) atoms. The first-order valence-corrected chi connectivity index (χ1v) is 4.91. The quantitative estimate of drug-likeness (QED) is 0.846. The van der Waals surface area contributed by atoms with Gasteiger partial charge in [-0.05, 0) is 24.6 Å². The van der Waals surface area contributed by atoms with Gasteiger partial charge in [0, 0.05) is 0 Å². The summed E-state index contributed by atoms with van der Waals surface area (Å²) in [5, 5.41) is 8.64. The highest BCUT2D eigenvalue weighted by Gasteiger charge is 2.12. The maximum atomic E-state index is 11.0. The van der Waals surface area contributed by atoms with E-state index in [2.05, 4.69) is 15.9 Å². The molecule has 0 aliphatic carbocycles. The zero-order chi connectivity index (χ0) is 10.7. The van der Waals surface area contributed by atoms with Gasteiger partial charge in [-0.25, -0.2) is 4.79 Å². The minimum atomic E-state index is -0.967. The van der Waals surface area contributed by atoms with Crippen LogP contribution < -0.4 is 0 Å². The molecule has 0 amide bonds. The Kier molecular flexibility index (Phi) is 3.41. The van der Waals surface area contributed by atoms with E-state index < -0.39 is 5.97 Å². The third-order valence-corrected chi connectivity index (χ3v) is 2.98. The number of hydrogen-bond acceptors (Lipinski definition) is 2. The zero-order valence-corrected chi connectivity index (χ0v) is 9.11. The molecule has 0 radical (unpaired) electrons. The van der Waals surface area contributed by atoms with Gasteiger partial charge in [-0.1, -0.05) is 28.1 Å². The minimum Gasteiger partial charge on any atom is -0.478 e. The largest absolute Gasteiger partial charge is 0.478 e.